The van der Waals surface area contributed by atoms with Crippen molar-refractivity contribution in [1.29, 1.82) is 0 Å². The van der Waals surface area contributed by atoms with Gasteiger partial charge in [0.25, 0.3) is 5.91 Å². The van der Waals surface area contributed by atoms with Gasteiger partial charge in [0.05, 0.1) is 24.9 Å². The minimum absolute atomic E-state index is 0.0121. The van der Waals surface area contributed by atoms with Crippen molar-refractivity contribution in [3.63, 3.8) is 0 Å². The molecule has 2 rings (SSSR count). The maximum atomic E-state index is 11.9. The summed E-state index contributed by atoms with van der Waals surface area (Å²) in [6.45, 7) is 4.27. The zero-order valence-electron chi connectivity index (χ0n) is 10.7. The summed E-state index contributed by atoms with van der Waals surface area (Å²) in [5, 5.41) is 13.9. The van der Waals surface area contributed by atoms with E-state index in [-0.39, 0.29) is 11.9 Å². The van der Waals surface area contributed by atoms with Crippen LogP contribution in [0, 0.1) is 0 Å². The number of hydrogen-bond acceptors (Lipinski definition) is 5. The van der Waals surface area contributed by atoms with Crippen LogP contribution in [-0.4, -0.2) is 53.7 Å². The van der Waals surface area contributed by atoms with Crippen LogP contribution in [0.5, 0.6) is 0 Å². The van der Waals surface area contributed by atoms with E-state index in [1.165, 1.54) is 0 Å². The van der Waals surface area contributed by atoms with Gasteiger partial charge in [-0.25, -0.2) is 4.68 Å². The summed E-state index contributed by atoms with van der Waals surface area (Å²) < 4.78 is 6.78. The third-order valence-electron chi connectivity index (χ3n) is 3.07. The predicted octanol–water partition coefficient (Wildman–Crippen LogP) is -0.423. The first-order chi connectivity index (χ1) is 8.74. The van der Waals surface area contributed by atoms with Crippen molar-refractivity contribution in [2.75, 3.05) is 26.8 Å². The van der Waals surface area contributed by atoms with E-state index in [0.717, 1.165) is 19.5 Å². The highest BCUT2D eigenvalue weighted by Crippen LogP contribution is 2.09. The van der Waals surface area contributed by atoms with Crippen molar-refractivity contribution in [1.82, 2.24) is 25.6 Å². The fourth-order valence-electron chi connectivity index (χ4n) is 1.74. The summed E-state index contributed by atoms with van der Waals surface area (Å²) >= 11 is 0. The molecule has 2 heterocycles. The van der Waals surface area contributed by atoms with Gasteiger partial charge in [0, 0.05) is 20.2 Å². The Balaban J connectivity index is 1.93. The summed E-state index contributed by atoms with van der Waals surface area (Å²) in [5.41, 5.74) is 0.358. The first-order valence-electron chi connectivity index (χ1n) is 6.17. The molecular weight excluding hydrogens is 234 g/mol. The summed E-state index contributed by atoms with van der Waals surface area (Å²) in [4.78, 5) is 11.9. The highest BCUT2D eigenvalue weighted by molar-refractivity contribution is 5.92. The maximum absolute atomic E-state index is 11.9. The SMILES string of the molecule is CCC(COC)NC(=O)c1cn(C2CNC2)nn1. The van der Waals surface area contributed by atoms with Crippen LogP contribution in [0.15, 0.2) is 6.20 Å². The Bertz CT molecular complexity index is 402. The van der Waals surface area contributed by atoms with Gasteiger partial charge in [-0.15, -0.1) is 5.10 Å². The largest absolute Gasteiger partial charge is 0.383 e. The van der Waals surface area contributed by atoms with E-state index < -0.39 is 0 Å². The number of carbonyl (C=O) groups is 1. The van der Waals surface area contributed by atoms with Gasteiger partial charge in [-0.1, -0.05) is 12.1 Å². The Kier molecular flexibility index (Phi) is 4.27. The van der Waals surface area contributed by atoms with E-state index >= 15 is 0 Å². The van der Waals surface area contributed by atoms with Crippen LogP contribution < -0.4 is 10.6 Å². The van der Waals surface area contributed by atoms with Crippen LogP contribution in [0.1, 0.15) is 29.9 Å². The second kappa shape index (κ2) is 5.92. The molecule has 1 aliphatic heterocycles. The normalized spacial score (nSPS) is 17.2. The van der Waals surface area contributed by atoms with Gasteiger partial charge in [-0.3, -0.25) is 4.79 Å². The van der Waals surface area contributed by atoms with Crippen molar-refractivity contribution in [2.24, 2.45) is 0 Å². The van der Waals surface area contributed by atoms with Gasteiger partial charge in [0.1, 0.15) is 0 Å². The minimum Gasteiger partial charge on any atom is -0.383 e. The average molecular weight is 253 g/mol. The molecule has 0 radical (unpaired) electrons. The van der Waals surface area contributed by atoms with Gasteiger partial charge in [0.2, 0.25) is 0 Å². The molecule has 1 unspecified atom stereocenters. The van der Waals surface area contributed by atoms with E-state index in [0.29, 0.717) is 18.3 Å². The second-order valence-electron chi connectivity index (χ2n) is 4.43. The van der Waals surface area contributed by atoms with Crippen LogP contribution in [0.2, 0.25) is 0 Å². The first-order valence-corrected chi connectivity index (χ1v) is 6.17. The fourth-order valence-corrected chi connectivity index (χ4v) is 1.74. The molecule has 1 amide bonds. The van der Waals surface area contributed by atoms with Gasteiger partial charge in [-0.05, 0) is 6.42 Å². The lowest BCUT2D eigenvalue weighted by molar-refractivity contribution is 0.0889. The number of rotatable bonds is 6. The lowest BCUT2D eigenvalue weighted by Gasteiger charge is -2.26. The Hall–Kier alpha value is -1.47. The van der Waals surface area contributed by atoms with E-state index in [2.05, 4.69) is 20.9 Å². The molecule has 1 atom stereocenters. The Morgan fingerprint density at radius 2 is 2.50 bits per heavy atom. The molecule has 100 valence electrons. The van der Waals surface area contributed by atoms with E-state index in [9.17, 15) is 4.79 Å². The van der Waals surface area contributed by atoms with Gasteiger partial charge in [0.15, 0.2) is 5.69 Å². The average Bonchev–Trinajstić information content (AvgIpc) is 2.75. The van der Waals surface area contributed by atoms with E-state index in [1.54, 1.807) is 18.0 Å². The standard InChI is InChI=1S/C11H19N5O2/c1-3-8(7-18-2)13-11(17)10-6-16(15-14-10)9-4-12-5-9/h6,8-9,12H,3-5,7H2,1-2H3,(H,13,17). The molecule has 2 N–H and O–H groups in total. The minimum atomic E-state index is -0.197. The monoisotopic (exact) mass is 253 g/mol. The zero-order valence-corrected chi connectivity index (χ0v) is 10.7. The van der Waals surface area contributed by atoms with Crippen molar-refractivity contribution in [3.05, 3.63) is 11.9 Å². The third kappa shape index (κ3) is 2.85. The van der Waals surface area contributed by atoms with Gasteiger partial charge >= 0.3 is 0 Å². The fraction of sp³-hybridized carbons (Fsp3) is 0.727. The van der Waals surface area contributed by atoms with Crippen LogP contribution >= 0.6 is 0 Å². The molecule has 1 aliphatic rings. The van der Waals surface area contributed by atoms with Crippen LogP contribution in [0.4, 0.5) is 0 Å². The summed E-state index contributed by atoms with van der Waals surface area (Å²) in [5.74, 6) is -0.197. The molecular formula is C11H19N5O2. The summed E-state index contributed by atoms with van der Waals surface area (Å²) in [6, 6.07) is 0.331. The molecule has 7 heteroatoms. The molecule has 0 aromatic carbocycles. The smallest absolute Gasteiger partial charge is 0.273 e. The van der Waals surface area contributed by atoms with Crippen molar-refractivity contribution in [2.45, 2.75) is 25.4 Å². The number of amides is 1. The molecule has 0 saturated carbocycles. The van der Waals surface area contributed by atoms with E-state index in [4.69, 9.17) is 4.74 Å². The molecule has 0 spiro atoms. The number of hydrogen-bond donors (Lipinski definition) is 2. The molecule has 0 aliphatic carbocycles. The number of methoxy groups -OCH3 is 1. The summed E-state index contributed by atoms with van der Waals surface area (Å²) in [6.07, 6.45) is 2.51. The topological polar surface area (TPSA) is 81.1 Å². The third-order valence-corrected chi connectivity index (χ3v) is 3.07. The van der Waals surface area contributed by atoms with Crippen molar-refractivity contribution < 1.29 is 9.53 Å². The van der Waals surface area contributed by atoms with Crippen LogP contribution in [0.25, 0.3) is 0 Å². The Labute approximate surface area is 106 Å². The molecule has 1 saturated heterocycles. The molecule has 1 fully saturated rings. The maximum Gasteiger partial charge on any atom is 0.273 e. The number of nitrogens with zero attached hydrogens (tertiary/aromatic N) is 3. The number of aromatic nitrogens is 3. The van der Waals surface area contributed by atoms with Gasteiger partial charge < -0.3 is 15.4 Å². The van der Waals surface area contributed by atoms with Crippen molar-refractivity contribution >= 4 is 5.91 Å². The number of carbonyl (C=O) groups excluding carboxylic acids is 1. The van der Waals surface area contributed by atoms with E-state index in [1.807, 2.05) is 6.92 Å². The highest BCUT2D eigenvalue weighted by atomic mass is 16.5. The quantitative estimate of drug-likeness (QED) is 0.719. The Morgan fingerprint density at radius 1 is 1.72 bits per heavy atom. The summed E-state index contributed by atoms with van der Waals surface area (Å²) in [7, 11) is 1.62. The second-order valence-corrected chi connectivity index (χ2v) is 4.43. The lowest BCUT2D eigenvalue weighted by atomic mass is 10.2. The van der Waals surface area contributed by atoms with Gasteiger partial charge in [-0.2, -0.15) is 0 Å². The molecule has 18 heavy (non-hydrogen) atoms. The predicted molar refractivity (Wildman–Crippen MR) is 65.3 cm³/mol. The Morgan fingerprint density at radius 3 is 3.06 bits per heavy atom. The van der Waals surface area contributed by atoms with Crippen molar-refractivity contribution in [3.8, 4) is 0 Å². The first kappa shape index (κ1) is 13.0. The highest BCUT2D eigenvalue weighted by Gasteiger charge is 2.22. The molecule has 1 aromatic heterocycles. The molecule has 0 bridgehead atoms. The van der Waals surface area contributed by atoms with Crippen LogP contribution in [-0.2, 0) is 4.74 Å². The lowest BCUT2D eigenvalue weighted by Crippen LogP contribution is -2.43. The van der Waals surface area contributed by atoms with Crippen LogP contribution in [0.3, 0.4) is 0 Å². The zero-order chi connectivity index (χ0) is 13.0. The molecule has 7 nitrogen and oxygen atoms in total. The molecule has 1 aromatic rings. The number of ether oxygens (including phenoxy) is 1. The number of nitrogens with one attached hydrogen (secondary N) is 2.